The maximum Gasteiger partial charge on any atom is 0.255 e. The van der Waals surface area contributed by atoms with Gasteiger partial charge in [0, 0.05) is 28.6 Å². The number of hydrogen-bond acceptors (Lipinski definition) is 2. The SMILES string of the molecule is CN(C)C1CCCN(C(=O)c2cc(Cl)ccc2Br)C1. The van der Waals surface area contributed by atoms with Crippen molar-refractivity contribution in [2.45, 2.75) is 18.9 Å². The minimum atomic E-state index is 0.0564. The Bertz CT molecular complexity index is 479. The zero-order valence-corrected chi connectivity index (χ0v) is 13.5. The second-order valence-corrected chi connectivity index (χ2v) is 6.43. The van der Waals surface area contributed by atoms with Gasteiger partial charge >= 0.3 is 0 Å². The number of likely N-dealkylation sites (tertiary alicyclic amines) is 1. The van der Waals surface area contributed by atoms with E-state index in [1.807, 2.05) is 11.0 Å². The van der Waals surface area contributed by atoms with Crippen LogP contribution in [-0.4, -0.2) is 48.9 Å². The van der Waals surface area contributed by atoms with Gasteiger partial charge in [-0.25, -0.2) is 0 Å². The standard InChI is InChI=1S/C14H18BrClN2O/c1-17(2)11-4-3-7-18(9-11)14(19)12-8-10(16)5-6-13(12)15/h5-6,8,11H,3-4,7,9H2,1-2H3. The number of amides is 1. The summed E-state index contributed by atoms with van der Waals surface area (Å²) >= 11 is 9.40. The van der Waals surface area contributed by atoms with Gasteiger partial charge in [0.25, 0.3) is 5.91 Å². The molecular formula is C14H18BrClN2O. The lowest BCUT2D eigenvalue weighted by Gasteiger charge is -2.36. The molecule has 1 fully saturated rings. The minimum Gasteiger partial charge on any atom is -0.337 e. The third-order valence-corrected chi connectivity index (χ3v) is 4.50. The van der Waals surface area contributed by atoms with Gasteiger partial charge in [0.1, 0.15) is 0 Å². The Morgan fingerprint density at radius 3 is 2.89 bits per heavy atom. The molecule has 0 bridgehead atoms. The van der Waals surface area contributed by atoms with Crippen LogP contribution in [0, 0.1) is 0 Å². The summed E-state index contributed by atoms with van der Waals surface area (Å²) in [5, 5.41) is 0.590. The summed E-state index contributed by atoms with van der Waals surface area (Å²) in [4.78, 5) is 16.7. The molecule has 0 spiro atoms. The van der Waals surface area contributed by atoms with Crippen LogP contribution in [0.2, 0.25) is 5.02 Å². The van der Waals surface area contributed by atoms with E-state index in [-0.39, 0.29) is 5.91 Å². The van der Waals surface area contributed by atoms with Crippen molar-refractivity contribution in [3.05, 3.63) is 33.3 Å². The molecule has 0 N–H and O–H groups in total. The maximum absolute atomic E-state index is 12.6. The molecule has 0 saturated carbocycles. The second kappa shape index (κ2) is 6.25. The molecule has 1 heterocycles. The number of likely N-dealkylation sites (N-methyl/N-ethyl adjacent to an activating group) is 1. The number of piperidine rings is 1. The fourth-order valence-electron chi connectivity index (χ4n) is 2.39. The maximum atomic E-state index is 12.6. The first-order valence-corrected chi connectivity index (χ1v) is 7.57. The highest BCUT2D eigenvalue weighted by Crippen LogP contribution is 2.24. The molecule has 1 aromatic carbocycles. The van der Waals surface area contributed by atoms with E-state index in [4.69, 9.17) is 11.6 Å². The number of carbonyl (C=O) groups excluding carboxylic acids is 1. The fraction of sp³-hybridized carbons (Fsp3) is 0.500. The summed E-state index contributed by atoms with van der Waals surface area (Å²) in [5.74, 6) is 0.0564. The molecule has 1 aliphatic rings. The van der Waals surface area contributed by atoms with Gasteiger partial charge in [-0.1, -0.05) is 11.6 Å². The smallest absolute Gasteiger partial charge is 0.255 e. The van der Waals surface area contributed by atoms with Crippen LogP contribution in [-0.2, 0) is 0 Å². The first kappa shape index (κ1) is 14.8. The monoisotopic (exact) mass is 344 g/mol. The van der Waals surface area contributed by atoms with Crippen molar-refractivity contribution in [3.63, 3.8) is 0 Å². The number of carbonyl (C=O) groups is 1. The summed E-state index contributed by atoms with van der Waals surface area (Å²) in [5.41, 5.74) is 0.645. The summed E-state index contributed by atoms with van der Waals surface area (Å²) in [6, 6.07) is 5.77. The molecular weight excluding hydrogens is 328 g/mol. The topological polar surface area (TPSA) is 23.6 Å². The van der Waals surface area contributed by atoms with Gasteiger partial charge in [-0.2, -0.15) is 0 Å². The summed E-state index contributed by atoms with van der Waals surface area (Å²) < 4.78 is 0.800. The lowest BCUT2D eigenvalue weighted by molar-refractivity contribution is 0.0634. The van der Waals surface area contributed by atoms with Crippen LogP contribution in [0.3, 0.4) is 0 Å². The number of rotatable bonds is 2. The Hall–Kier alpha value is -0.580. The number of halogens is 2. The van der Waals surface area contributed by atoms with E-state index in [0.29, 0.717) is 16.6 Å². The molecule has 104 valence electrons. The predicted molar refractivity (Wildman–Crippen MR) is 81.8 cm³/mol. The van der Waals surface area contributed by atoms with E-state index in [1.54, 1.807) is 12.1 Å². The van der Waals surface area contributed by atoms with Crippen LogP contribution in [0.1, 0.15) is 23.2 Å². The number of benzene rings is 1. The van der Waals surface area contributed by atoms with Crippen LogP contribution < -0.4 is 0 Å². The van der Waals surface area contributed by atoms with Gasteiger partial charge in [-0.15, -0.1) is 0 Å². The molecule has 1 aliphatic heterocycles. The Labute approximate surface area is 127 Å². The molecule has 5 heteroatoms. The Morgan fingerprint density at radius 1 is 1.47 bits per heavy atom. The largest absolute Gasteiger partial charge is 0.337 e. The lowest BCUT2D eigenvalue weighted by Crippen LogP contribution is -2.47. The minimum absolute atomic E-state index is 0.0564. The van der Waals surface area contributed by atoms with Gasteiger partial charge in [-0.3, -0.25) is 4.79 Å². The Balaban J connectivity index is 2.17. The predicted octanol–water partition coefficient (Wildman–Crippen LogP) is 3.27. The van der Waals surface area contributed by atoms with E-state index in [9.17, 15) is 4.79 Å². The molecule has 1 amide bonds. The highest BCUT2D eigenvalue weighted by atomic mass is 79.9. The van der Waals surface area contributed by atoms with E-state index >= 15 is 0 Å². The second-order valence-electron chi connectivity index (χ2n) is 5.13. The zero-order valence-electron chi connectivity index (χ0n) is 11.2. The van der Waals surface area contributed by atoms with Crippen LogP contribution in [0.25, 0.3) is 0 Å². The summed E-state index contributed by atoms with van der Waals surface area (Å²) in [6.45, 7) is 1.60. The molecule has 1 unspecified atom stereocenters. The molecule has 3 nitrogen and oxygen atoms in total. The molecule has 1 aromatic rings. The molecule has 1 atom stereocenters. The molecule has 0 radical (unpaired) electrons. The number of hydrogen-bond donors (Lipinski definition) is 0. The highest BCUT2D eigenvalue weighted by Gasteiger charge is 2.26. The van der Waals surface area contributed by atoms with Crippen molar-refractivity contribution in [1.29, 1.82) is 0 Å². The van der Waals surface area contributed by atoms with Crippen LogP contribution in [0.4, 0.5) is 0 Å². The normalized spacial score (nSPS) is 19.8. The third-order valence-electron chi connectivity index (χ3n) is 3.57. The van der Waals surface area contributed by atoms with Gasteiger partial charge in [-0.05, 0) is 61.1 Å². The van der Waals surface area contributed by atoms with Crippen molar-refractivity contribution >= 4 is 33.4 Å². The molecule has 0 aromatic heterocycles. The first-order chi connectivity index (χ1) is 8.99. The lowest BCUT2D eigenvalue weighted by atomic mass is 10.0. The Kier molecular flexibility index (Phi) is 4.87. The van der Waals surface area contributed by atoms with E-state index in [2.05, 4.69) is 34.9 Å². The molecule has 1 saturated heterocycles. The summed E-state index contributed by atoms with van der Waals surface area (Å²) in [6.07, 6.45) is 2.19. The zero-order chi connectivity index (χ0) is 14.0. The van der Waals surface area contributed by atoms with E-state index < -0.39 is 0 Å². The van der Waals surface area contributed by atoms with Gasteiger partial charge in [0.05, 0.1) is 5.56 Å². The Morgan fingerprint density at radius 2 is 2.21 bits per heavy atom. The van der Waals surface area contributed by atoms with Gasteiger partial charge < -0.3 is 9.80 Å². The van der Waals surface area contributed by atoms with Crippen molar-refractivity contribution in [2.24, 2.45) is 0 Å². The molecule has 0 aliphatic carbocycles. The van der Waals surface area contributed by atoms with Crippen molar-refractivity contribution in [1.82, 2.24) is 9.80 Å². The quantitative estimate of drug-likeness (QED) is 0.821. The average molecular weight is 346 g/mol. The van der Waals surface area contributed by atoms with Gasteiger partial charge in [0.15, 0.2) is 0 Å². The average Bonchev–Trinajstić information content (AvgIpc) is 2.41. The first-order valence-electron chi connectivity index (χ1n) is 6.40. The van der Waals surface area contributed by atoms with Crippen LogP contribution in [0.5, 0.6) is 0 Å². The third kappa shape index (κ3) is 3.50. The van der Waals surface area contributed by atoms with Crippen molar-refractivity contribution < 1.29 is 4.79 Å². The summed E-state index contributed by atoms with van der Waals surface area (Å²) in [7, 11) is 4.13. The number of nitrogens with zero attached hydrogens (tertiary/aromatic N) is 2. The highest BCUT2D eigenvalue weighted by molar-refractivity contribution is 9.10. The van der Waals surface area contributed by atoms with Crippen molar-refractivity contribution in [2.75, 3.05) is 27.2 Å². The van der Waals surface area contributed by atoms with E-state index in [1.165, 1.54) is 0 Å². The molecule has 19 heavy (non-hydrogen) atoms. The van der Waals surface area contributed by atoms with Crippen molar-refractivity contribution in [3.8, 4) is 0 Å². The van der Waals surface area contributed by atoms with Crippen LogP contribution in [0.15, 0.2) is 22.7 Å². The van der Waals surface area contributed by atoms with Gasteiger partial charge in [0.2, 0.25) is 0 Å². The molecule has 2 rings (SSSR count). The van der Waals surface area contributed by atoms with E-state index in [0.717, 1.165) is 30.4 Å². The van der Waals surface area contributed by atoms with Crippen LogP contribution >= 0.6 is 27.5 Å². The fourth-order valence-corrected chi connectivity index (χ4v) is 2.98.